The summed E-state index contributed by atoms with van der Waals surface area (Å²) in [5, 5.41) is 3.68. The molecule has 1 aromatic carbocycles. The van der Waals surface area contributed by atoms with Crippen LogP contribution in [0.4, 0.5) is 0 Å². The van der Waals surface area contributed by atoms with Gasteiger partial charge in [0.1, 0.15) is 5.75 Å². The normalized spacial score (nSPS) is 18.9. The van der Waals surface area contributed by atoms with Gasteiger partial charge < -0.3 is 15.0 Å². The number of piperidine rings is 1. The van der Waals surface area contributed by atoms with Gasteiger partial charge in [-0.15, -0.1) is 0 Å². The van der Waals surface area contributed by atoms with Crippen LogP contribution in [0.3, 0.4) is 0 Å². The van der Waals surface area contributed by atoms with Gasteiger partial charge in [-0.05, 0) is 51.4 Å². The maximum Gasteiger partial charge on any atom is 0.123 e. The summed E-state index contributed by atoms with van der Waals surface area (Å²) >= 11 is 0. The number of nitrogens with one attached hydrogen (secondary N) is 1. The molecule has 1 aromatic rings. The summed E-state index contributed by atoms with van der Waals surface area (Å²) in [6, 6.07) is 8.83. The third-order valence-corrected chi connectivity index (χ3v) is 4.59. The smallest absolute Gasteiger partial charge is 0.123 e. The second-order valence-corrected chi connectivity index (χ2v) is 5.75. The number of ether oxygens (including phenoxy) is 1. The molecule has 1 unspecified atom stereocenters. The lowest BCUT2D eigenvalue weighted by Crippen LogP contribution is -2.41. The van der Waals surface area contributed by atoms with Crippen LogP contribution in [0.5, 0.6) is 5.75 Å². The number of likely N-dealkylation sites (tertiary alicyclic amines) is 1. The highest BCUT2D eigenvalue weighted by atomic mass is 16.5. The number of rotatable bonds is 6. The van der Waals surface area contributed by atoms with E-state index in [2.05, 4.69) is 36.2 Å². The van der Waals surface area contributed by atoms with Gasteiger partial charge in [-0.3, -0.25) is 0 Å². The van der Waals surface area contributed by atoms with Crippen molar-refractivity contribution in [3.05, 3.63) is 29.8 Å². The summed E-state index contributed by atoms with van der Waals surface area (Å²) < 4.78 is 5.41. The van der Waals surface area contributed by atoms with E-state index in [-0.39, 0.29) is 0 Å². The first kappa shape index (κ1) is 15.3. The summed E-state index contributed by atoms with van der Waals surface area (Å²) in [4.78, 5) is 2.55. The van der Waals surface area contributed by atoms with E-state index in [0.717, 1.165) is 18.2 Å². The van der Waals surface area contributed by atoms with Crippen LogP contribution in [0.1, 0.15) is 32.3 Å². The Labute approximate surface area is 123 Å². The van der Waals surface area contributed by atoms with E-state index in [1.165, 1.54) is 38.0 Å². The van der Waals surface area contributed by atoms with Crippen molar-refractivity contribution in [3.8, 4) is 5.75 Å². The number of benzene rings is 1. The fourth-order valence-corrected chi connectivity index (χ4v) is 3.06. The van der Waals surface area contributed by atoms with E-state index < -0.39 is 0 Å². The first-order chi connectivity index (χ1) is 9.74. The highest BCUT2D eigenvalue weighted by molar-refractivity contribution is 5.33. The van der Waals surface area contributed by atoms with E-state index in [9.17, 15) is 0 Å². The highest BCUT2D eigenvalue weighted by Crippen LogP contribution is 2.22. The Balaban J connectivity index is 1.82. The van der Waals surface area contributed by atoms with E-state index in [4.69, 9.17) is 4.74 Å². The minimum absolute atomic E-state index is 0.568. The molecule has 0 amide bonds. The first-order valence-electron chi connectivity index (χ1n) is 7.82. The first-order valence-corrected chi connectivity index (χ1v) is 7.82. The molecule has 0 bridgehead atoms. The zero-order valence-corrected chi connectivity index (χ0v) is 13.1. The molecule has 0 saturated carbocycles. The van der Waals surface area contributed by atoms with Crippen molar-refractivity contribution in [2.75, 3.05) is 26.7 Å². The molecule has 3 nitrogen and oxygen atoms in total. The van der Waals surface area contributed by atoms with E-state index in [0.29, 0.717) is 6.04 Å². The molecule has 1 heterocycles. The molecule has 1 aliphatic rings. The van der Waals surface area contributed by atoms with Crippen molar-refractivity contribution in [3.63, 3.8) is 0 Å². The Morgan fingerprint density at radius 3 is 2.65 bits per heavy atom. The SMILES string of the molecule is CCN1CCC(C(C)NCc2ccccc2OC)CC1. The van der Waals surface area contributed by atoms with Crippen LogP contribution in [-0.2, 0) is 6.54 Å². The molecule has 1 saturated heterocycles. The molecule has 1 atom stereocenters. The topological polar surface area (TPSA) is 24.5 Å². The lowest BCUT2D eigenvalue weighted by Gasteiger charge is -2.34. The van der Waals surface area contributed by atoms with Crippen LogP contribution in [0, 0.1) is 5.92 Å². The Kier molecular flexibility index (Phi) is 5.86. The molecule has 3 heteroatoms. The van der Waals surface area contributed by atoms with Crippen molar-refractivity contribution >= 4 is 0 Å². The van der Waals surface area contributed by atoms with Crippen molar-refractivity contribution in [2.45, 2.75) is 39.3 Å². The number of hydrogen-bond acceptors (Lipinski definition) is 3. The van der Waals surface area contributed by atoms with Gasteiger partial charge in [0.2, 0.25) is 0 Å². The third-order valence-electron chi connectivity index (χ3n) is 4.59. The Hall–Kier alpha value is -1.06. The summed E-state index contributed by atoms with van der Waals surface area (Å²) in [6.07, 6.45) is 2.63. The molecule has 0 radical (unpaired) electrons. The molecule has 1 N–H and O–H groups in total. The fourth-order valence-electron chi connectivity index (χ4n) is 3.06. The second-order valence-electron chi connectivity index (χ2n) is 5.75. The zero-order valence-electron chi connectivity index (χ0n) is 13.1. The van der Waals surface area contributed by atoms with Gasteiger partial charge in [-0.25, -0.2) is 0 Å². The number of nitrogens with zero attached hydrogens (tertiary/aromatic N) is 1. The largest absolute Gasteiger partial charge is 0.496 e. The molecular formula is C17H28N2O. The molecule has 0 aliphatic carbocycles. The maximum absolute atomic E-state index is 5.41. The van der Waals surface area contributed by atoms with Crippen LogP contribution >= 0.6 is 0 Å². The maximum atomic E-state index is 5.41. The molecular weight excluding hydrogens is 248 g/mol. The van der Waals surface area contributed by atoms with Gasteiger partial charge >= 0.3 is 0 Å². The van der Waals surface area contributed by atoms with Gasteiger partial charge in [0.25, 0.3) is 0 Å². The van der Waals surface area contributed by atoms with Crippen molar-refractivity contribution in [1.29, 1.82) is 0 Å². The van der Waals surface area contributed by atoms with Gasteiger partial charge in [-0.1, -0.05) is 25.1 Å². The van der Waals surface area contributed by atoms with E-state index in [1.807, 2.05) is 12.1 Å². The zero-order chi connectivity index (χ0) is 14.4. The van der Waals surface area contributed by atoms with Gasteiger partial charge in [0.05, 0.1) is 7.11 Å². The molecule has 0 spiro atoms. The molecule has 2 rings (SSSR count). The third kappa shape index (κ3) is 3.97. The average Bonchev–Trinajstić information content (AvgIpc) is 2.53. The average molecular weight is 276 g/mol. The monoisotopic (exact) mass is 276 g/mol. The number of para-hydroxylation sites is 1. The minimum atomic E-state index is 0.568. The summed E-state index contributed by atoms with van der Waals surface area (Å²) in [5.41, 5.74) is 1.24. The van der Waals surface area contributed by atoms with E-state index in [1.54, 1.807) is 7.11 Å². The van der Waals surface area contributed by atoms with Gasteiger partial charge in [0, 0.05) is 18.2 Å². The molecule has 112 valence electrons. The van der Waals surface area contributed by atoms with Crippen molar-refractivity contribution < 1.29 is 4.74 Å². The predicted octanol–water partition coefficient (Wildman–Crippen LogP) is 2.91. The lowest BCUT2D eigenvalue weighted by molar-refractivity contribution is 0.168. The summed E-state index contributed by atoms with van der Waals surface area (Å²) in [5.74, 6) is 1.78. The van der Waals surface area contributed by atoms with Gasteiger partial charge in [0.15, 0.2) is 0 Å². The quantitative estimate of drug-likeness (QED) is 0.864. The van der Waals surface area contributed by atoms with Crippen LogP contribution in [-0.4, -0.2) is 37.7 Å². The van der Waals surface area contributed by atoms with E-state index >= 15 is 0 Å². The summed E-state index contributed by atoms with van der Waals surface area (Å²) in [6.45, 7) is 9.16. The minimum Gasteiger partial charge on any atom is -0.496 e. The Morgan fingerprint density at radius 2 is 2.00 bits per heavy atom. The highest BCUT2D eigenvalue weighted by Gasteiger charge is 2.22. The molecule has 20 heavy (non-hydrogen) atoms. The van der Waals surface area contributed by atoms with Crippen molar-refractivity contribution in [2.24, 2.45) is 5.92 Å². The number of methoxy groups -OCH3 is 1. The lowest BCUT2D eigenvalue weighted by atomic mass is 9.90. The molecule has 0 aromatic heterocycles. The van der Waals surface area contributed by atoms with Gasteiger partial charge in [-0.2, -0.15) is 0 Å². The molecule has 1 aliphatic heterocycles. The second kappa shape index (κ2) is 7.65. The Bertz CT molecular complexity index is 400. The van der Waals surface area contributed by atoms with Crippen molar-refractivity contribution in [1.82, 2.24) is 10.2 Å². The van der Waals surface area contributed by atoms with Crippen LogP contribution in [0.15, 0.2) is 24.3 Å². The van der Waals surface area contributed by atoms with Crippen LogP contribution < -0.4 is 10.1 Å². The standard InChI is InChI=1S/C17H28N2O/c1-4-19-11-9-15(10-12-19)14(2)18-13-16-7-5-6-8-17(16)20-3/h5-8,14-15,18H,4,9-13H2,1-3H3. The predicted molar refractivity (Wildman–Crippen MR) is 84.1 cm³/mol. The Morgan fingerprint density at radius 1 is 1.30 bits per heavy atom. The number of hydrogen-bond donors (Lipinski definition) is 1. The van der Waals surface area contributed by atoms with Crippen LogP contribution in [0.2, 0.25) is 0 Å². The molecule has 1 fully saturated rings. The summed E-state index contributed by atoms with van der Waals surface area (Å²) in [7, 11) is 1.74. The fraction of sp³-hybridized carbons (Fsp3) is 0.647. The van der Waals surface area contributed by atoms with Crippen LogP contribution in [0.25, 0.3) is 0 Å².